The number of ether oxygens (including phenoxy) is 2. The molecule has 1 atom stereocenters. The van der Waals surface area contributed by atoms with Gasteiger partial charge in [0.05, 0.1) is 14.2 Å². The van der Waals surface area contributed by atoms with E-state index in [-0.39, 0.29) is 5.41 Å². The first-order chi connectivity index (χ1) is 7.41. The summed E-state index contributed by atoms with van der Waals surface area (Å²) >= 11 is 0. The zero-order valence-corrected chi connectivity index (χ0v) is 11.1. The third-order valence-corrected chi connectivity index (χ3v) is 3.20. The van der Waals surface area contributed by atoms with Crippen LogP contribution in [0.5, 0.6) is 11.5 Å². The van der Waals surface area contributed by atoms with Gasteiger partial charge in [0.1, 0.15) is 11.5 Å². The molecule has 0 aliphatic carbocycles. The largest absolute Gasteiger partial charge is 0.496 e. The van der Waals surface area contributed by atoms with Gasteiger partial charge in [0.2, 0.25) is 0 Å². The molecular formula is C14H22O2. The summed E-state index contributed by atoms with van der Waals surface area (Å²) in [6.07, 6.45) is 0. The van der Waals surface area contributed by atoms with E-state index in [0.717, 1.165) is 17.1 Å². The van der Waals surface area contributed by atoms with Crippen molar-refractivity contribution in [1.82, 2.24) is 0 Å². The Bertz CT molecular complexity index is 328. The van der Waals surface area contributed by atoms with Gasteiger partial charge >= 0.3 is 0 Å². The quantitative estimate of drug-likeness (QED) is 0.773. The van der Waals surface area contributed by atoms with Crippen LogP contribution in [0, 0.1) is 5.41 Å². The maximum atomic E-state index is 5.42. The molecule has 1 unspecified atom stereocenters. The van der Waals surface area contributed by atoms with Crippen molar-refractivity contribution in [2.24, 2.45) is 5.41 Å². The predicted molar refractivity (Wildman–Crippen MR) is 67.4 cm³/mol. The van der Waals surface area contributed by atoms with Gasteiger partial charge in [-0.15, -0.1) is 0 Å². The van der Waals surface area contributed by atoms with Gasteiger partial charge in [0, 0.05) is 5.56 Å². The van der Waals surface area contributed by atoms with E-state index in [1.807, 2.05) is 18.2 Å². The molecule has 16 heavy (non-hydrogen) atoms. The lowest BCUT2D eigenvalue weighted by Crippen LogP contribution is -2.17. The van der Waals surface area contributed by atoms with E-state index in [4.69, 9.17) is 9.47 Å². The molecule has 0 radical (unpaired) electrons. The number of benzene rings is 1. The highest BCUT2D eigenvalue weighted by Gasteiger charge is 2.27. The second-order valence-electron chi connectivity index (χ2n) is 5.16. The highest BCUT2D eigenvalue weighted by Crippen LogP contribution is 2.43. The average Bonchev–Trinajstić information content (AvgIpc) is 2.25. The zero-order valence-electron chi connectivity index (χ0n) is 11.1. The first-order valence-electron chi connectivity index (χ1n) is 5.62. The van der Waals surface area contributed by atoms with E-state index in [2.05, 4.69) is 27.7 Å². The fraction of sp³-hybridized carbons (Fsp3) is 0.571. The molecule has 2 heteroatoms. The molecule has 0 heterocycles. The summed E-state index contributed by atoms with van der Waals surface area (Å²) in [6.45, 7) is 8.89. The monoisotopic (exact) mass is 222 g/mol. The normalized spacial score (nSPS) is 13.4. The van der Waals surface area contributed by atoms with Gasteiger partial charge in [-0.1, -0.05) is 33.8 Å². The van der Waals surface area contributed by atoms with Crippen LogP contribution < -0.4 is 9.47 Å². The van der Waals surface area contributed by atoms with Crippen LogP contribution in [0.4, 0.5) is 0 Å². The Morgan fingerprint density at radius 2 is 1.44 bits per heavy atom. The Morgan fingerprint density at radius 3 is 1.75 bits per heavy atom. The second-order valence-corrected chi connectivity index (χ2v) is 5.16. The van der Waals surface area contributed by atoms with Crippen LogP contribution in [0.25, 0.3) is 0 Å². The van der Waals surface area contributed by atoms with Crippen molar-refractivity contribution in [2.75, 3.05) is 14.2 Å². The summed E-state index contributed by atoms with van der Waals surface area (Å²) in [7, 11) is 3.40. The summed E-state index contributed by atoms with van der Waals surface area (Å²) in [5.74, 6) is 2.18. The molecule has 0 bridgehead atoms. The van der Waals surface area contributed by atoms with Gasteiger partial charge in [-0.2, -0.15) is 0 Å². The van der Waals surface area contributed by atoms with E-state index in [9.17, 15) is 0 Å². The van der Waals surface area contributed by atoms with Gasteiger partial charge in [-0.05, 0) is 23.5 Å². The second kappa shape index (κ2) is 4.77. The Balaban J connectivity index is 3.28. The van der Waals surface area contributed by atoms with Crippen LogP contribution >= 0.6 is 0 Å². The molecule has 1 aromatic carbocycles. The first-order valence-corrected chi connectivity index (χ1v) is 5.62. The third kappa shape index (κ3) is 2.49. The minimum atomic E-state index is 0.182. The van der Waals surface area contributed by atoms with Crippen molar-refractivity contribution in [3.05, 3.63) is 23.8 Å². The van der Waals surface area contributed by atoms with E-state index in [1.54, 1.807) is 14.2 Å². The molecule has 1 rings (SSSR count). The molecule has 0 saturated heterocycles. The molecule has 0 fully saturated rings. The van der Waals surface area contributed by atoms with Crippen LogP contribution in [0.15, 0.2) is 18.2 Å². The topological polar surface area (TPSA) is 18.5 Å². The highest BCUT2D eigenvalue weighted by molar-refractivity contribution is 5.47. The van der Waals surface area contributed by atoms with Crippen LogP contribution in [0.2, 0.25) is 0 Å². The van der Waals surface area contributed by atoms with Crippen molar-refractivity contribution < 1.29 is 9.47 Å². The molecule has 0 aromatic heterocycles. The van der Waals surface area contributed by atoms with Crippen molar-refractivity contribution in [3.8, 4) is 11.5 Å². The van der Waals surface area contributed by atoms with E-state index in [0.29, 0.717) is 5.92 Å². The molecule has 0 N–H and O–H groups in total. The van der Waals surface area contributed by atoms with Crippen molar-refractivity contribution >= 4 is 0 Å². The number of rotatable bonds is 3. The van der Waals surface area contributed by atoms with E-state index in [1.165, 1.54) is 0 Å². The standard InChI is InChI=1S/C14H22O2/c1-10(14(2,3)4)13-11(15-5)8-7-9-12(13)16-6/h7-10H,1-6H3. The minimum Gasteiger partial charge on any atom is -0.496 e. The average molecular weight is 222 g/mol. The number of methoxy groups -OCH3 is 2. The Labute approximate surface area is 98.6 Å². The summed E-state index contributed by atoms with van der Waals surface area (Å²) in [6, 6.07) is 5.93. The Hall–Kier alpha value is -1.18. The number of hydrogen-bond donors (Lipinski definition) is 0. The Morgan fingerprint density at radius 1 is 1.00 bits per heavy atom. The molecule has 0 saturated carbocycles. The summed E-state index contributed by atoms with van der Waals surface area (Å²) < 4.78 is 10.8. The molecule has 0 spiro atoms. The SMILES string of the molecule is COc1cccc(OC)c1C(C)C(C)(C)C. The number of hydrogen-bond acceptors (Lipinski definition) is 2. The molecule has 0 aliphatic heterocycles. The lowest BCUT2D eigenvalue weighted by atomic mass is 9.77. The van der Waals surface area contributed by atoms with E-state index >= 15 is 0 Å². The van der Waals surface area contributed by atoms with Crippen molar-refractivity contribution in [3.63, 3.8) is 0 Å². The van der Waals surface area contributed by atoms with Gasteiger partial charge in [-0.3, -0.25) is 0 Å². The molecule has 1 aromatic rings. The van der Waals surface area contributed by atoms with Gasteiger partial charge in [-0.25, -0.2) is 0 Å². The fourth-order valence-corrected chi connectivity index (χ4v) is 1.74. The zero-order chi connectivity index (χ0) is 12.3. The van der Waals surface area contributed by atoms with Gasteiger partial charge < -0.3 is 9.47 Å². The lowest BCUT2D eigenvalue weighted by molar-refractivity contribution is 0.310. The minimum absolute atomic E-state index is 0.182. The Kier molecular flexibility index (Phi) is 3.84. The third-order valence-electron chi connectivity index (χ3n) is 3.20. The summed E-state index contributed by atoms with van der Waals surface area (Å²) in [5.41, 5.74) is 1.34. The fourth-order valence-electron chi connectivity index (χ4n) is 1.74. The van der Waals surface area contributed by atoms with Crippen LogP contribution in [0.1, 0.15) is 39.2 Å². The maximum Gasteiger partial charge on any atom is 0.126 e. The maximum absolute atomic E-state index is 5.42. The molecule has 90 valence electrons. The van der Waals surface area contributed by atoms with Crippen molar-refractivity contribution in [1.29, 1.82) is 0 Å². The van der Waals surface area contributed by atoms with Gasteiger partial charge in [0.15, 0.2) is 0 Å². The summed E-state index contributed by atoms with van der Waals surface area (Å²) in [5, 5.41) is 0. The van der Waals surface area contributed by atoms with Crippen LogP contribution in [-0.2, 0) is 0 Å². The molecule has 2 nitrogen and oxygen atoms in total. The van der Waals surface area contributed by atoms with Crippen LogP contribution in [0.3, 0.4) is 0 Å². The van der Waals surface area contributed by atoms with Crippen molar-refractivity contribution in [2.45, 2.75) is 33.6 Å². The smallest absolute Gasteiger partial charge is 0.126 e. The molecular weight excluding hydrogens is 200 g/mol. The molecule has 0 aliphatic rings. The van der Waals surface area contributed by atoms with E-state index < -0.39 is 0 Å². The molecule has 0 amide bonds. The first kappa shape index (κ1) is 12.9. The summed E-state index contributed by atoms with van der Waals surface area (Å²) in [4.78, 5) is 0. The predicted octanol–water partition coefficient (Wildman–Crippen LogP) is 3.85. The van der Waals surface area contributed by atoms with Crippen LogP contribution in [-0.4, -0.2) is 14.2 Å². The van der Waals surface area contributed by atoms with Gasteiger partial charge in [0.25, 0.3) is 0 Å². The highest BCUT2D eigenvalue weighted by atomic mass is 16.5. The lowest BCUT2D eigenvalue weighted by Gasteiger charge is -2.30.